The van der Waals surface area contributed by atoms with Crippen molar-refractivity contribution in [3.8, 4) is 6.07 Å². The Morgan fingerprint density at radius 1 is 1.50 bits per heavy atom. The summed E-state index contributed by atoms with van der Waals surface area (Å²) in [6.45, 7) is 0.675. The summed E-state index contributed by atoms with van der Waals surface area (Å²) in [7, 11) is 1.43. The van der Waals surface area contributed by atoms with Gasteiger partial charge in [-0.15, -0.1) is 0 Å². The van der Waals surface area contributed by atoms with Gasteiger partial charge in [-0.1, -0.05) is 6.07 Å². The smallest absolute Gasteiger partial charge is 0.306 e. The molecule has 3 rings (SSSR count). The number of hydrogen-bond acceptors (Lipinski definition) is 5. The number of methoxy groups -OCH3 is 1. The topological polar surface area (TPSA) is 72.2 Å². The molecule has 2 fully saturated rings. The van der Waals surface area contributed by atoms with Crippen molar-refractivity contribution >= 4 is 5.97 Å². The maximum Gasteiger partial charge on any atom is 0.306 e. The maximum atomic E-state index is 12.2. The molecule has 0 amide bonds. The van der Waals surface area contributed by atoms with Gasteiger partial charge in [-0.3, -0.25) is 9.78 Å². The molecular formula is C19H24N2O3. The lowest BCUT2D eigenvalue weighted by Crippen LogP contribution is -2.40. The molecule has 3 atom stereocenters. The maximum absolute atomic E-state index is 12.2. The monoisotopic (exact) mass is 328 g/mol. The van der Waals surface area contributed by atoms with Crippen LogP contribution in [-0.2, 0) is 19.7 Å². The van der Waals surface area contributed by atoms with Crippen LogP contribution in [-0.4, -0.2) is 30.3 Å². The van der Waals surface area contributed by atoms with Crippen LogP contribution in [0.5, 0.6) is 0 Å². The molecule has 1 saturated carbocycles. The molecule has 128 valence electrons. The molecule has 1 saturated heterocycles. The lowest BCUT2D eigenvalue weighted by molar-refractivity contribution is -0.143. The fraction of sp³-hybridized carbons (Fsp3) is 0.632. The molecule has 3 unspecified atom stereocenters. The minimum Gasteiger partial charge on any atom is -0.469 e. The van der Waals surface area contributed by atoms with Gasteiger partial charge in [-0.2, -0.15) is 5.26 Å². The Hall–Kier alpha value is -1.93. The molecule has 1 aromatic rings. The molecule has 0 radical (unpaired) electrons. The van der Waals surface area contributed by atoms with Gasteiger partial charge in [0.2, 0.25) is 0 Å². The molecule has 5 nitrogen and oxygen atoms in total. The molecule has 2 heterocycles. The minimum absolute atomic E-state index is 0.0441. The highest BCUT2D eigenvalue weighted by Crippen LogP contribution is 2.50. The highest BCUT2D eigenvalue weighted by atomic mass is 16.5. The third kappa shape index (κ3) is 3.29. The number of nitriles is 1. The number of hydrogen-bond donors (Lipinski definition) is 0. The van der Waals surface area contributed by atoms with Crippen LogP contribution in [0, 0.1) is 17.2 Å². The Kier molecular flexibility index (Phi) is 4.86. The predicted octanol–water partition coefficient (Wildman–Crippen LogP) is 3.15. The van der Waals surface area contributed by atoms with E-state index in [-0.39, 0.29) is 22.9 Å². The van der Waals surface area contributed by atoms with Crippen LogP contribution in [0.15, 0.2) is 24.4 Å². The molecule has 0 aromatic carbocycles. The van der Waals surface area contributed by atoms with Crippen molar-refractivity contribution in [2.75, 3.05) is 13.7 Å². The standard InChI is InChI=1S/C19H24N2O3/c1-23-17(22)12-18(16-5-2-3-9-21-16)7-4-10-24-19(14-18)8-6-15(11-19)13-20/h2-3,5,9,15H,4,6-8,10-12,14H2,1H3. The van der Waals surface area contributed by atoms with E-state index in [1.807, 2.05) is 18.2 Å². The highest BCUT2D eigenvalue weighted by molar-refractivity contribution is 5.71. The summed E-state index contributed by atoms with van der Waals surface area (Å²) in [4.78, 5) is 16.7. The van der Waals surface area contributed by atoms with Crippen LogP contribution in [0.4, 0.5) is 0 Å². The van der Waals surface area contributed by atoms with E-state index in [1.54, 1.807) is 6.20 Å². The lowest BCUT2D eigenvalue weighted by Gasteiger charge is -2.38. The SMILES string of the molecule is COC(=O)CC1(c2ccccn2)CCCOC2(CCC(C#N)C2)C1. The van der Waals surface area contributed by atoms with E-state index in [1.165, 1.54) is 7.11 Å². The molecule has 0 bridgehead atoms. The van der Waals surface area contributed by atoms with Crippen LogP contribution in [0.1, 0.15) is 50.6 Å². The third-order valence-corrected chi connectivity index (χ3v) is 5.54. The van der Waals surface area contributed by atoms with Gasteiger partial charge >= 0.3 is 5.97 Å². The summed E-state index contributed by atoms with van der Waals surface area (Å²) in [6.07, 6.45) is 7.03. The lowest BCUT2D eigenvalue weighted by atomic mass is 9.69. The number of rotatable bonds is 3. The number of aromatic nitrogens is 1. The van der Waals surface area contributed by atoms with Gasteiger partial charge in [-0.25, -0.2) is 0 Å². The first-order chi connectivity index (χ1) is 11.6. The van der Waals surface area contributed by atoms with Crippen LogP contribution in [0.25, 0.3) is 0 Å². The Bertz CT molecular complexity index is 627. The number of nitrogens with zero attached hydrogens (tertiary/aromatic N) is 2. The van der Waals surface area contributed by atoms with Crippen LogP contribution >= 0.6 is 0 Å². The molecule has 2 aliphatic rings. The summed E-state index contributed by atoms with van der Waals surface area (Å²) in [5.74, 6) is -0.171. The van der Waals surface area contributed by atoms with Crippen molar-refractivity contribution < 1.29 is 14.3 Å². The Morgan fingerprint density at radius 3 is 3.04 bits per heavy atom. The van der Waals surface area contributed by atoms with E-state index in [4.69, 9.17) is 9.47 Å². The Morgan fingerprint density at radius 2 is 2.38 bits per heavy atom. The second-order valence-corrected chi connectivity index (χ2v) is 7.13. The van der Waals surface area contributed by atoms with Crippen molar-refractivity contribution in [3.63, 3.8) is 0 Å². The minimum atomic E-state index is -0.380. The van der Waals surface area contributed by atoms with E-state index >= 15 is 0 Å². The van der Waals surface area contributed by atoms with Crippen molar-refractivity contribution in [2.45, 2.75) is 56.0 Å². The number of carbonyl (C=O) groups excluding carboxylic acids is 1. The molecule has 1 aromatic heterocycles. The van der Waals surface area contributed by atoms with Gasteiger partial charge in [0, 0.05) is 29.8 Å². The van der Waals surface area contributed by atoms with Gasteiger partial charge in [0.05, 0.1) is 25.2 Å². The second-order valence-electron chi connectivity index (χ2n) is 7.13. The Balaban J connectivity index is 1.97. The molecular weight excluding hydrogens is 304 g/mol. The molecule has 0 N–H and O–H groups in total. The van der Waals surface area contributed by atoms with Crippen LogP contribution in [0.2, 0.25) is 0 Å². The average molecular weight is 328 g/mol. The van der Waals surface area contributed by atoms with Crippen LogP contribution < -0.4 is 0 Å². The molecule has 24 heavy (non-hydrogen) atoms. The van der Waals surface area contributed by atoms with Crippen molar-refractivity contribution in [1.29, 1.82) is 5.26 Å². The normalized spacial score (nSPS) is 32.9. The highest BCUT2D eigenvalue weighted by Gasteiger charge is 2.50. The second kappa shape index (κ2) is 6.90. The molecule has 5 heteroatoms. The van der Waals surface area contributed by atoms with E-state index in [9.17, 15) is 10.1 Å². The van der Waals surface area contributed by atoms with E-state index < -0.39 is 0 Å². The van der Waals surface area contributed by atoms with Gasteiger partial charge in [0.15, 0.2) is 0 Å². The van der Waals surface area contributed by atoms with Gasteiger partial charge in [-0.05, 0) is 50.7 Å². The average Bonchev–Trinajstić information content (AvgIpc) is 2.92. The van der Waals surface area contributed by atoms with E-state index in [2.05, 4.69) is 11.1 Å². The third-order valence-electron chi connectivity index (χ3n) is 5.54. The summed E-state index contributed by atoms with van der Waals surface area (Å²) < 4.78 is 11.2. The van der Waals surface area contributed by atoms with Crippen LogP contribution in [0.3, 0.4) is 0 Å². The fourth-order valence-electron chi connectivity index (χ4n) is 4.43. The van der Waals surface area contributed by atoms with Gasteiger partial charge in [0.1, 0.15) is 0 Å². The summed E-state index contributed by atoms with van der Waals surface area (Å²) >= 11 is 0. The number of ether oxygens (including phenoxy) is 2. The first-order valence-electron chi connectivity index (χ1n) is 8.63. The summed E-state index contributed by atoms with van der Waals surface area (Å²) in [5, 5.41) is 9.29. The first kappa shape index (κ1) is 16.9. The largest absolute Gasteiger partial charge is 0.469 e. The molecule has 1 aliphatic heterocycles. The fourth-order valence-corrected chi connectivity index (χ4v) is 4.43. The quantitative estimate of drug-likeness (QED) is 0.797. The summed E-state index contributed by atoms with van der Waals surface area (Å²) in [5.41, 5.74) is 0.234. The van der Waals surface area contributed by atoms with E-state index in [0.717, 1.165) is 44.2 Å². The zero-order chi connectivity index (χ0) is 17.0. The van der Waals surface area contributed by atoms with Crippen molar-refractivity contribution in [3.05, 3.63) is 30.1 Å². The molecule has 1 aliphatic carbocycles. The molecule has 1 spiro atoms. The van der Waals surface area contributed by atoms with E-state index in [0.29, 0.717) is 13.0 Å². The summed E-state index contributed by atoms with van der Waals surface area (Å²) in [6, 6.07) is 8.24. The Labute approximate surface area is 143 Å². The zero-order valence-corrected chi connectivity index (χ0v) is 14.2. The number of esters is 1. The van der Waals surface area contributed by atoms with Gasteiger partial charge in [0.25, 0.3) is 0 Å². The number of carbonyl (C=O) groups is 1. The van der Waals surface area contributed by atoms with Crippen molar-refractivity contribution in [2.24, 2.45) is 5.92 Å². The van der Waals surface area contributed by atoms with Crippen molar-refractivity contribution in [1.82, 2.24) is 4.98 Å². The predicted molar refractivity (Wildman–Crippen MR) is 88.0 cm³/mol. The number of pyridine rings is 1. The van der Waals surface area contributed by atoms with Gasteiger partial charge < -0.3 is 9.47 Å². The zero-order valence-electron chi connectivity index (χ0n) is 14.2. The first-order valence-corrected chi connectivity index (χ1v) is 8.63.